The first-order valence-corrected chi connectivity index (χ1v) is 24.1. The van der Waals surface area contributed by atoms with Crippen molar-refractivity contribution in [3.8, 4) is 0 Å². The van der Waals surface area contributed by atoms with Crippen molar-refractivity contribution in [2.45, 2.75) is 135 Å². The van der Waals surface area contributed by atoms with Crippen molar-refractivity contribution in [3.05, 3.63) is 36.5 Å². The van der Waals surface area contributed by atoms with Crippen LogP contribution < -0.4 is 0 Å². The molecule has 0 radical (unpaired) electrons. The Morgan fingerprint density at radius 2 is 0.696 bits per heavy atom. The first-order chi connectivity index (χ1) is 32.8. The molecule has 12 rings (SSSR count). The van der Waals surface area contributed by atoms with Gasteiger partial charge < -0.3 is 47.4 Å². The SMILES string of the molecule is C=C(C)C(=O)OCC(=O)OC.C=C(C)C(=O)OCC(=O)OCOC.C=C(C)C(=O)OCOC.O=C1OC2CC3CC(C2)CC1C3.O=C1OC2CC3CC(C2)CC1C3.O=C1OC2CC3CC(C2)CC1C3. The van der Waals surface area contributed by atoms with Gasteiger partial charge in [0.2, 0.25) is 0 Å². The van der Waals surface area contributed by atoms with E-state index in [0.717, 1.165) is 113 Å². The van der Waals surface area contributed by atoms with E-state index in [1.165, 1.54) is 54.4 Å². The molecule has 0 N–H and O–H groups in total. The summed E-state index contributed by atoms with van der Waals surface area (Å²) < 4.78 is 47.3. The molecule has 0 spiro atoms. The Balaban J connectivity index is 0.000000181. The lowest BCUT2D eigenvalue weighted by molar-refractivity contribution is -0.164. The van der Waals surface area contributed by atoms with E-state index >= 15 is 0 Å². The molecule has 6 atom stereocenters. The van der Waals surface area contributed by atoms with E-state index in [1.54, 1.807) is 6.92 Å². The Hall–Kier alpha value is -5.10. The first-order valence-electron chi connectivity index (χ1n) is 24.1. The highest BCUT2D eigenvalue weighted by atomic mass is 16.7. The summed E-state index contributed by atoms with van der Waals surface area (Å²) in [6.45, 7) is 13.7. The number of carbonyl (C=O) groups is 8. The molecule has 0 amide bonds. The molecule has 18 nitrogen and oxygen atoms in total. The van der Waals surface area contributed by atoms with Crippen LogP contribution in [0.1, 0.15) is 117 Å². The Morgan fingerprint density at radius 3 is 0.971 bits per heavy atom. The zero-order chi connectivity index (χ0) is 50.8. The van der Waals surface area contributed by atoms with Crippen LogP contribution in [-0.2, 0) is 85.7 Å². The Morgan fingerprint density at radius 1 is 0.420 bits per heavy atom. The van der Waals surface area contributed by atoms with Crippen LogP contribution >= 0.6 is 0 Å². The molecule has 6 aliphatic carbocycles. The average molecular weight is 975 g/mol. The van der Waals surface area contributed by atoms with Gasteiger partial charge in [-0.05, 0) is 153 Å². The largest absolute Gasteiger partial charge is 0.466 e. The Kier molecular flexibility index (Phi) is 22.9. The number of ether oxygens (including phenoxy) is 10. The van der Waals surface area contributed by atoms with Gasteiger partial charge in [0, 0.05) is 30.9 Å². The second-order valence-electron chi connectivity index (χ2n) is 19.8. The van der Waals surface area contributed by atoms with Crippen LogP contribution in [0.25, 0.3) is 0 Å². The van der Waals surface area contributed by atoms with Gasteiger partial charge in [0.25, 0.3) is 0 Å². The summed E-state index contributed by atoms with van der Waals surface area (Å²) in [6, 6.07) is 0. The van der Waals surface area contributed by atoms with Gasteiger partial charge in [-0.1, -0.05) is 19.7 Å². The monoisotopic (exact) mass is 974 g/mol. The highest BCUT2D eigenvalue weighted by molar-refractivity contribution is 5.89. The molecular formula is C51H74O18. The standard InChI is InChI=1S/3C10H14O2.C8H12O5.C7H10O4.C6H10O3/c3*11-10-8-2-6-1-7(3-8)5-9(4-6)12-10;1-6(2)8(10)12-4-7(9)13-5-11-3;1-5(2)7(9)11-4-6(8)10-3;1-5(2)6(7)9-4-8-3/h3*6-9H,1-5H2;1,4-5H2,2-3H3;1,4H2,2-3H3;1,4H2,2-3H3. The van der Waals surface area contributed by atoms with Gasteiger partial charge in [0.15, 0.2) is 26.8 Å². The van der Waals surface area contributed by atoms with Crippen LogP contribution in [0.4, 0.5) is 0 Å². The molecule has 6 unspecified atom stereocenters. The summed E-state index contributed by atoms with van der Waals surface area (Å²) in [5.74, 6) is 3.06. The zero-order valence-electron chi connectivity index (χ0n) is 41.3. The number of fused-ring (bicyclic) bond motifs is 3. The molecule has 6 saturated heterocycles. The van der Waals surface area contributed by atoms with E-state index in [-0.39, 0.29) is 85.3 Å². The van der Waals surface area contributed by atoms with Gasteiger partial charge in [-0.3, -0.25) is 14.4 Å². The summed E-state index contributed by atoms with van der Waals surface area (Å²) in [6.07, 6.45) is 18.6. The Bertz CT molecular complexity index is 1700. The third-order valence-electron chi connectivity index (χ3n) is 13.7. The maximum Gasteiger partial charge on any atom is 0.346 e. The zero-order valence-corrected chi connectivity index (χ0v) is 41.3. The quantitative estimate of drug-likeness (QED) is 0.0937. The molecule has 6 aliphatic heterocycles. The highest BCUT2D eigenvalue weighted by Crippen LogP contribution is 2.49. The molecule has 386 valence electrons. The van der Waals surface area contributed by atoms with E-state index in [0.29, 0.717) is 5.57 Å². The second kappa shape index (κ2) is 27.9. The normalized spacial score (nSPS) is 30.6. The summed E-state index contributed by atoms with van der Waals surface area (Å²) >= 11 is 0. The van der Waals surface area contributed by atoms with Crippen LogP contribution in [0.3, 0.4) is 0 Å². The van der Waals surface area contributed by atoms with Gasteiger partial charge in [-0.2, -0.15) is 0 Å². The molecule has 0 aromatic rings. The van der Waals surface area contributed by atoms with Crippen molar-refractivity contribution in [1.29, 1.82) is 0 Å². The van der Waals surface area contributed by atoms with Gasteiger partial charge in [-0.15, -0.1) is 0 Å². The lowest BCUT2D eigenvalue weighted by Gasteiger charge is -2.35. The van der Waals surface area contributed by atoms with Crippen LogP contribution in [0.2, 0.25) is 0 Å². The molecule has 0 aromatic heterocycles. The van der Waals surface area contributed by atoms with Crippen molar-refractivity contribution >= 4 is 47.8 Å². The van der Waals surface area contributed by atoms with Gasteiger partial charge >= 0.3 is 47.8 Å². The third-order valence-corrected chi connectivity index (χ3v) is 13.7. The molecule has 6 saturated carbocycles. The Labute approximate surface area is 405 Å². The molecular weight excluding hydrogens is 901 g/mol. The predicted molar refractivity (Wildman–Crippen MR) is 245 cm³/mol. The lowest BCUT2D eigenvalue weighted by atomic mass is 9.68. The van der Waals surface area contributed by atoms with E-state index in [2.05, 4.69) is 52.9 Å². The fourth-order valence-electron chi connectivity index (χ4n) is 11.0. The minimum Gasteiger partial charge on any atom is -0.466 e. The molecule has 12 bridgehead atoms. The smallest absolute Gasteiger partial charge is 0.346 e. The van der Waals surface area contributed by atoms with Crippen molar-refractivity contribution in [3.63, 3.8) is 0 Å². The summed E-state index contributed by atoms with van der Waals surface area (Å²) in [5.41, 5.74) is 0.875. The fraction of sp³-hybridized carbons (Fsp3) is 0.725. The van der Waals surface area contributed by atoms with E-state index in [4.69, 9.17) is 14.2 Å². The number of esters is 8. The molecule has 6 heterocycles. The van der Waals surface area contributed by atoms with Crippen molar-refractivity contribution in [1.82, 2.24) is 0 Å². The number of hydrogen-bond donors (Lipinski definition) is 0. The lowest BCUT2D eigenvalue weighted by Crippen LogP contribution is -2.29. The van der Waals surface area contributed by atoms with Crippen LogP contribution in [0.5, 0.6) is 0 Å². The van der Waals surface area contributed by atoms with E-state index in [1.807, 2.05) is 0 Å². The average Bonchev–Trinajstić information content (AvgIpc) is 3.68. The maximum absolute atomic E-state index is 11.4. The van der Waals surface area contributed by atoms with Crippen molar-refractivity contribution in [2.75, 3.05) is 48.1 Å². The number of carbonyl (C=O) groups excluding carboxylic acids is 8. The van der Waals surface area contributed by atoms with E-state index in [9.17, 15) is 38.4 Å². The topological polar surface area (TPSA) is 229 Å². The molecule has 0 aromatic carbocycles. The van der Waals surface area contributed by atoms with Gasteiger partial charge in [0.05, 0.1) is 24.9 Å². The molecule has 18 heteroatoms. The maximum atomic E-state index is 11.4. The van der Waals surface area contributed by atoms with Crippen LogP contribution in [0, 0.1) is 53.3 Å². The highest BCUT2D eigenvalue weighted by Gasteiger charge is 2.46. The predicted octanol–water partition coefficient (Wildman–Crippen LogP) is 6.46. The molecule has 69 heavy (non-hydrogen) atoms. The number of methoxy groups -OCH3 is 3. The second-order valence-corrected chi connectivity index (χ2v) is 19.8. The van der Waals surface area contributed by atoms with Crippen LogP contribution in [0.15, 0.2) is 36.5 Å². The van der Waals surface area contributed by atoms with Gasteiger partial charge in [0.1, 0.15) is 18.3 Å². The first kappa shape index (κ1) is 56.5. The third kappa shape index (κ3) is 19.0. The molecule has 12 aliphatic rings. The number of rotatable bonds is 11. The van der Waals surface area contributed by atoms with E-state index < -0.39 is 36.5 Å². The fourth-order valence-corrected chi connectivity index (χ4v) is 11.0. The van der Waals surface area contributed by atoms with Crippen molar-refractivity contribution < 1.29 is 85.7 Å². The molecule has 12 fully saturated rings. The summed E-state index contributed by atoms with van der Waals surface area (Å²) in [4.78, 5) is 87.3. The number of hydrogen-bond acceptors (Lipinski definition) is 18. The van der Waals surface area contributed by atoms with Gasteiger partial charge in [-0.25, -0.2) is 24.0 Å². The minimum atomic E-state index is -0.656. The van der Waals surface area contributed by atoms with Crippen LogP contribution in [-0.4, -0.2) is 114 Å². The minimum absolute atomic E-state index is 0.00824. The summed E-state index contributed by atoms with van der Waals surface area (Å²) in [5, 5.41) is 0. The summed E-state index contributed by atoms with van der Waals surface area (Å²) in [7, 11) is 4.05. The van der Waals surface area contributed by atoms with Crippen molar-refractivity contribution in [2.24, 2.45) is 53.3 Å².